The van der Waals surface area contributed by atoms with Crippen molar-refractivity contribution in [3.8, 4) is 0 Å². The summed E-state index contributed by atoms with van der Waals surface area (Å²) in [6, 6.07) is 11.0. The Kier molecular flexibility index (Phi) is 3.00. The van der Waals surface area contributed by atoms with Crippen LogP contribution in [0.3, 0.4) is 0 Å². The second-order valence-electron chi connectivity index (χ2n) is 3.46. The van der Waals surface area contributed by atoms with E-state index in [4.69, 9.17) is 5.11 Å². The summed E-state index contributed by atoms with van der Waals surface area (Å²) < 4.78 is 0. The van der Waals surface area contributed by atoms with Crippen LogP contribution in [0.4, 0.5) is 11.5 Å². The molecule has 17 heavy (non-hydrogen) atoms. The minimum Gasteiger partial charge on any atom is -0.477 e. The molecule has 0 saturated carbocycles. The maximum atomic E-state index is 10.8. The van der Waals surface area contributed by atoms with Crippen LogP contribution in [0.25, 0.3) is 0 Å². The molecule has 0 radical (unpaired) electrons. The van der Waals surface area contributed by atoms with Crippen LogP contribution in [0.15, 0.2) is 42.7 Å². The number of aromatic nitrogens is 2. The molecule has 0 fully saturated rings. The number of hydrogen-bond donors (Lipinski definition) is 1. The van der Waals surface area contributed by atoms with E-state index in [2.05, 4.69) is 9.97 Å². The number of benzene rings is 1. The Labute approximate surface area is 98.4 Å². The largest absolute Gasteiger partial charge is 0.477 e. The van der Waals surface area contributed by atoms with Crippen LogP contribution < -0.4 is 4.90 Å². The van der Waals surface area contributed by atoms with E-state index < -0.39 is 5.97 Å². The highest BCUT2D eigenvalue weighted by molar-refractivity contribution is 5.86. The highest BCUT2D eigenvalue weighted by Crippen LogP contribution is 2.20. The third-order valence-corrected chi connectivity index (χ3v) is 2.36. The number of hydrogen-bond acceptors (Lipinski definition) is 4. The van der Waals surface area contributed by atoms with Gasteiger partial charge in [-0.05, 0) is 12.1 Å². The number of carbonyl (C=O) groups is 1. The minimum atomic E-state index is -1.06. The first-order valence-corrected chi connectivity index (χ1v) is 5.02. The number of carboxylic acids is 1. The summed E-state index contributed by atoms with van der Waals surface area (Å²) >= 11 is 0. The lowest BCUT2D eigenvalue weighted by Gasteiger charge is -2.17. The second kappa shape index (κ2) is 4.61. The van der Waals surface area contributed by atoms with Gasteiger partial charge in [0.25, 0.3) is 0 Å². The molecule has 86 valence electrons. The van der Waals surface area contributed by atoms with Crippen LogP contribution in [-0.2, 0) is 0 Å². The topological polar surface area (TPSA) is 66.3 Å². The fourth-order valence-electron chi connectivity index (χ4n) is 1.43. The lowest BCUT2D eigenvalue weighted by atomic mass is 10.3. The molecule has 5 heteroatoms. The van der Waals surface area contributed by atoms with Crippen molar-refractivity contribution in [3.63, 3.8) is 0 Å². The van der Waals surface area contributed by atoms with Crippen LogP contribution in [0.5, 0.6) is 0 Å². The van der Waals surface area contributed by atoms with Crippen molar-refractivity contribution in [2.45, 2.75) is 0 Å². The van der Waals surface area contributed by atoms with Crippen LogP contribution in [0.2, 0.25) is 0 Å². The predicted molar refractivity (Wildman–Crippen MR) is 63.5 cm³/mol. The van der Waals surface area contributed by atoms with E-state index in [0.29, 0.717) is 5.82 Å². The Hall–Kier alpha value is -2.43. The molecule has 2 rings (SSSR count). The Bertz CT molecular complexity index is 528. The smallest absolute Gasteiger partial charge is 0.354 e. The number of anilines is 2. The van der Waals surface area contributed by atoms with Gasteiger partial charge in [0.05, 0.1) is 0 Å². The summed E-state index contributed by atoms with van der Waals surface area (Å²) in [6.45, 7) is 0. The number of para-hydroxylation sites is 1. The fraction of sp³-hybridized carbons (Fsp3) is 0.0833. The number of rotatable bonds is 3. The maximum Gasteiger partial charge on any atom is 0.354 e. The number of aromatic carboxylic acids is 1. The molecule has 0 bridgehead atoms. The highest BCUT2D eigenvalue weighted by Gasteiger charge is 2.09. The molecular formula is C12H11N3O2. The third-order valence-electron chi connectivity index (χ3n) is 2.36. The van der Waals surface area contributed by atoms with Crippen molar-refractivity contribution in [3.05, 3.63) is 48.4 Å². The number of carboxylic acid groups (broad SMARTS) is 1. The van der Waals surface area contributed by atoms with Gasteiger partial charge in [-0.2, -0.15) is 0 Å². The molecule has 0 atom stereocenters. The molecule has 1 aromatic carbocycles. The molecule has 0 aliphatic carbocycles. The SMILES string of the molecule is CN(c1ccccc1)c1cc(C(=O)O)ncn1. The van der Waals surface area contributed by atoms with E-state index in [9.17, 15) is 4.79 Å². The zero-order chi connectivity index (χ0) is 12.3. The van der Waals surface area contributed by atoms with Crippen molar-refractivity contribution in [2.24, 2.45) is 0 Å². The fourth-order valence-corrected chi connectivity index (χ4v) is 1.43. The van der Waals surface area contributed by atoms with E-state index in [0.717, 1.165) is 5.69 Å². The van der Waals surface area contributed by atoms with Gasteiger partial charge < -0.3 is 10.0 Å². The van der Waals surface area contributed by atoms with Crippen molar-refractivity contribution >= 4 is 17.5 Å². The zero-order valence-corrected chi connectivity index (χ0v) is 9.24. The Balaban J connectivity index is 2.34. The Morgan fingerprint density at radius 1 is 1.24 bits per heavy atom. The molecule has 0 aliphatic rings. The van der Waals surface area contributed by atoms with Gasteiger partial charge >= 0.3 is 5.97 Å². The minimum absolute atomic E-state index is 0.0159. The quantitative estimate of drug-likeness (QED) is 0.871. The first kappa shape index (κ1) is 11.1. The molecule has 0 saturated heterocycles. The normalized spacial score (nSPS) is 9.94. The molecule has 5 nitrogen and oxygen atoms in total. The van der Waals surface area contributed by atoms with Gasteiger partial charge in [0.15, 0.2) is 5.69 Å². The summed E-state index contributed by atoms with van der Waals surface area (Å²) in [7, 11) is 1.82. The standard InChI is InChI=1S/C12H11N3O2/c1-15(9-5-3-2-4-6-9)11-7-10(12(16)17)13-8-14-11/h2-8H,1H3,(H,16,17). The summed E-state index contributed by atoms with van der Waals surface area (Å²) in [4.78, 5) is 20.3. The van der Waals surface area contributed by atoms with Gasteiger partial charge in [0.1, 0.15) is 12.1 Å². The average Bonchev–Trinajstić information content (AvgIpc) is 2.39. The summed E-state index contributed by atoms with van der Waals surface area (Å²) in [6.07, 6.45) is 1.25. The molecule has 0 aliphatic heterocycles. The Morgan fingerprint density at radius 3 is 2.59 bits per heavy atom. The monoisotopic (exact) mass is 229 g/mol. The van der Waals surface area contributed by atoms with Crippen molar-refractivity contribution in [1.82, 2.24) is 9.97 Å². The molecule has 1 heterocycles. The summed E-state index contributed by atoms with van der Waals surface area (Å²) in [5, 5.41) is 8.85. The Morgan fingerprint density at radius 2 is 1.94 bits per heavy atom. The lowest BCUT2D eigenvalue weighted by Crippen LogP contribution is -2.12. The third kappa shape index (κ3) is 2.39. The van der Waals surface area contributed by atoms with Gasteiger partial charge in [-0.25, -0.2) is 14.8 Å². The van der Waals surface area contributed by atoms with Crippen molar-refractivity contribution in [2.75, 3.05) is 11.9 Å². The summed E-state index contributed by atoms with van der Waals surface area (Å²) in [5.74, 6) is -0.515. The second-order valence-corrected chi connectivity index (χ2v) is 3.46. The van der Waals surface area contributed by atoms with Gasteiger partial charge in [-0.15, -0.1) is 0 Å². The van der Waals surface area contributed by atoms with Crippen LogP contribution in [0.1, 0.15) is 10.5 Å². The molecular weight excluding hydrogens is 218 g/mol. The van der Waals surface area contributed by atoms with E-state index in [-0.39, 0.29) is 5.69 Å². The number of nitrogens with zero attached hydrogens (tertiary/aromatic N) is 3. The van der Waals surface area contributed by atoms with E-state index >= 15 is 0 Å². The first-order chi connectivity index (χ1) is 8.18. The highest BCUT2D eigenvalue weighted by atomic mass is 16.4. The van der Waals surface area contributed by atoms with Gasteiger partial charge in [0, 0.05) is 18.8 Å². The zero-order valence-electron chi connectivity index (χ0n) is 9.24. The molecule has 0 spiro atoms. The predicted octanol–water partition coefficient (Wildman–Crippen LogP) is 1.94. The van der Waals surface area contributed by atoms with E-state index in [1.165, 1.54) is 12.4 Å². The maximum absolute atomic E-state index is 10.8. The molecule has 0 amide bonds. The van der Waals surface area contributed by atoms with Gasteiger partial charge in [0.2, 0.25) is 0 Å². The van der Waals surface area contributed by atoms with Crippen LogP contribution >= 0.6 is 0 Å². The van der Waals surface area contributed by atoms with Crippen LogP contribution in [-0.4, -0.2) is 28.1 Å². The average molecular weight is 229 g/mol. The van der Waals surface area contributed by atoms with Gasteiger partial charge in [-0.3, -0.25) is 0 Å². The lowest BCUT2D eigenvalue weighted by molar-refractivity contribution is 0.0690. The van der Waals surface area contributed by atoms with E-state index in [1.54, 1.807) is 4.90 Å². The van der Waals surface area contributed by atoms with Gasteiger partial charge in [-0.1, -0.05) is 18.2 Å². The van der Waals surface area contributed by atoms with E-state index in [1.807, 2.05) is 37.4 Å². The molecule has 0 unspecified atom stereocenters. The van der Waals surface area contributed by atoms with Crippen molar-refractivity contribution in [1.29, 1.82) is 0 Å². The summed E-state index contributed by atoms with van der Waals surface area (Å²) in [5.41, 5.74) is 0.917. The molecule has 1 aromatic heterocycles. The molecule has 1 N–H and O–H groups in total. The molecule has 2 aromatic rings. The first-order valence-electron chi connectivity index (χ1n) is 5.02. The van der Waals surface area contributed by atoms with Crippen LogP contribution in [0, 0.1) is 0 Å². The van der Waals surface area contributed by atoms with Crippen molar-refractivity contribution < 1.29 is 9.90 Å².